The number of nitrogens with two attached hydrogens (primary N) is 1. The molecule has 0 aliphatic carbocycles. The van der Waals surface area contributed by atoms with Crippen LogP contribution >= 0.6 is 0 Å². The Labute approximate surface area is 58.6 Å². The lowest BCUT2D eigenvalue weighted by atomic mass is 9.79. The van der Waals surface area contributed by atoms with Crippen LogP contribution in [0.15, 0.2) is 0 Å². The van der Waals surface area contributed by atoms with E-state index in [1.165, 1.54) is 6.42 Å². The van der Waals surface area contributed by atoms with Crippen molar-refractivity contribution >= 4 is 0 Å². The van der Waals surface area contributed by atoms with Crippen molar-refractivity contribution in [3.8, 4) is 0 Å². The fourth-order valence-electron chi connectivity index (χ4n) is 1.13. The molecule has 0 rings (SSSR count). The van der Waals surface area contributed by atoms with E-state index in [0.29, 0.717) is 11.3 Å². The maximum Gasteiger partial charge on any atom is -0.00440 e. The van der Waals surface area contributed by atoms with Crippen LogP contribution in [0.5, 0.6) is 0 Å². The topological polar surface area (TPSA) is 26.0 Å². The Morgan fingerprint density at radius 1 is 1.33 bits per heavy atom. The summed E-state index contributed by atoms with van der Waals surface area (Å²) < 4.78 is 0. The van der Waals surface area contributed by atoms with Crippen molar-refractivity contribution in [2.75, 3.05) is 6.54 Å². The van der Waals surface area contributed by atoms with Crippen LogP contribution in [0.4, 0.5) is 0 Å². The molecule has 0 aromatic carbocycles. The fraction of sp³-hybridized carbons (Fsp3) is 1.00. The molecule has 0 aliphatic rings. The van der Waals surface area contributed by atoms with Gasteiger partial charge in [-0.05, 0) is 17.9 Å². The third-order valence-electron chi connectivity index (χ3n) is 2.00. The maximum atomic E-state index is 5.57. The number of hydrogen-bond donors (Lipinski definition) is 1. The van der Waals surface area contributed by atoms with E-state index in [0.717, 1.165) is 6.54 Å². The lowest BCUT2D eigenvalue weighted by Crippen LogP contribution is -2.27. The minimum atomic E-state index is 0.392. The van der Waals surface area contributed by atoms with Gasteiger partial charge in [0.05, 0.1) is 0 Å². The molecule has 0 radical (unpaired) electrons. The summed E-state index contributed by atoms with van der Waals surface area (Å²) >= 11 is 0. The Hall–Kier alpha value is -0.0400. The molecule has 0 saturated carbocycles. The summed E-state index contributed by atoms with van der Waals surface area (Å²) in [5, 5.41) is 0. The quantitative estimate of drug-likeness (QED) is 0.606. The number of rotatable bonds is 2. The monoisotopic (exact) mass is 129 g/mol. The average molecular weight is 129 g/mol. The minimum Gasteiger partial charge on any atom is -0.330 e. The maximum absolute atomic E-state index is 5.57. The molecule has 0 fully saturated rings. The lowest BCUT2D eigenvalue weighted by Gasteiger charge is -2.28. The highest BCUT2D eigenvalue weighted by atomic mass is 14.6. The zero-order valence-electron chi connectivity index (χ0n) is 7.07. The molecule has 0 aromatic heterocycles. The van der Waals surface area contributed by atoms with E-state index in [1.54, 1.807) is 0 Å². The molecule has 1 atom stereocenters. The molecule has 9 heavy (non-hydrogen) atoms. The van der Waals surface area contributed by atoms with Gasteiger partial charge in [-0.1, -0.05) is 34.1 Å². The van der Waals surface area contributed by atoms with Gasteiger partial charge in [-0.2, -0.15) is 0 Å². The van der Waals surface area contributed by atoms with Gasteiger partial charge in [-0.3, -0.25) is 0 Å². The van der Waals surface area contributed by atoms with Crippen molar-refractivity contribution in [3.63, 3.8) is 0 Å². The SMILES string of the molecule is CC[C@@H](CN)C(C)(C)C. The molecule has 0 bridgehead atoms. The average Bonchev–Trinajstić information content (AvgIpc) is 1.65. The van der Waals surface area contributed by atoms with E-state index in [1.807, 2.05) is 0 Å². The van der Waals surface area contributed by atoms with E-state index in [-0.39, 0.29) is 0 Å². The van der Waals surface area contributed by atoms with Crippen LogP contribution < -0.4 is 5.73 Å². The van der Waals surface area contributed by atoms with Crippen LogP contribution in [0.3, 0.4) is 0 Å². The molecule has 2 N–H and O–H groups in total. The summed E-state index contributed by atoms with van der Waals surface area (Å²) in [7, 11) is 0. The number of hydrogen-bond acceptors (Lipinski definition) is 1. The molecule has 0 unspecified atom stereocenters. The zero-order valence-corrected chi connectivity index (χ0v) is 7.07. The molecular formula is C8H19N. The van der Waals surface area contributed by atoms with Crippen LogP contribution in [0, 0.1) is 11.3 Å². The molecule has 1 heteroatoms. The second kappa shape index (κ2) is 3.21. The first kappa shape index (κ1) is 8.96. The van der Waals surface area contributed by atoms with Gasteiger partial charge >= 0.3 is 0 Å². The second-order valence-electron chi connectivity index (χ2n) is 3.71. The Morgan fingerprint density at radius 2 is 1.78 bits per heavy atom. The van der Waals surface area contributed by atoms with Crippen LogP contribution in [-0.4, -0.2) is 6.54 Å². The Morgan fingerprint density at radius 3 is 1.78 bits per heavy atom. The highest BCUT2D eigenvalue weighted by molar-refractivity contribution is 4.72. The molecule has 0 aromatic rings. The molecule has 0 amide bonds. The van der Waals surface area contributed by atoms with Crippen LogP contribution in [-0.2, 0) is 0 Å². The first-order valence-electron chi connectivity index (χ1n) is 3.72. The van der Waals surface area contributed by atoms with Gasteiger partial charge in [-0.15, -0.1) is 0 Å². The van der Waals surface area contributed by atoms with Gasteiger partial charge in [0, 0.05) is 0 Å². The van der Waals surface area contributed by atoms with Gasteiger partial charge in [0.1, 0.15) is 0 Å². The fourth-order valence-corrected chi connectivity index (χ4v) is 1.13. The van der Waals surface area contributed by atoms with E-state index < -0.39 is 0 Å². The van der Waals surface area contributed by atoms with Crippen molar-refractivity contribution in [2.45, 2.75) is 34.1 Å². The summed E-state index contributed by atoms with van der Waals surface area (Å²) in [5.41, 5.74) is 5.96. The van der Waals surface area contributed by atoms with Crippen LogP contribution in [0.1, 0.15) is 34.1 Å². The second-order valence-corrected chi connectivity index (χ2v) is 3.71. The van der Waals surface area contributed by atoms with E-state index in [2.05, 4.69) is 27.7 Å². The lowest BCUT2D eigenvalue weighted by molar-refractivity contribution is 0.240. The molecule has 0 heterocycles. The van der Waals surface area contributed by atoms with Crippen molar-refractivity contribution in [3.05, 3.63) is 0 Å². The highest BCUT2D eigenvalue weighted by Gasteiger charge is 2.20. The first-order chi connectivity index (χ1) is 4.02. The van der Waals surface area contributed by atoms with Gasteiger partial charge in [0.15, 0.2) is 0 Å². The molecular weight excluding hydrogens is 110 g/mol. The van der Waals surface area contributed by atoms with Gasteiger partial charge < -0.3 is 5.73 Å². The molecule has 1 nitrogen and oxygen atoms in total. The Kier molecular flexibility index (Phi) is 3.20. The normalized spacial score (nSPS) is 15.7. The standard InChI is InChI=1S/C8H19N/c1-5-7(6-9)8(2,3)4/h7H,5-6,9H2,1-4H3/t7-/m0/s1. The predicted octanol–water partition coefficient (Wildman–Crippen LogP) is 2.02. The van der Waals surface area contributed by atoms with Crippen molar-refractivity contribution < 1.29 is 0 Å². The zero-order chi connectivity index (χ0) is 7.49. The largest absolute Gasteiger partial charge is 0.330 e. The smallest absolute Gasteiger partial charge is 0.00440 e. The van der Waals surface area contributed by atoms with Crippen LogP contribution in [0.25, 0.3) is 0 Å². The first-order valence-corrected chi connectivity index (χ1v) is 3.72. The van der Waals surface area contributed by atoms with E-state index in [9.17, 15) is 0 Å². The van der Waals surface area contributed by atoms with E-state index >= 15 is 0 Å². The van der Waals surface area contributed by atoms with Gasteiger partial charge in [0.2, 0.25) is 0 Å². The molecule has 0 saturated heterocycles. The minimum absolute atomic E-state index is 0.392. The summed E-state index contributed by atoms with van der Waals surface area (Å²) in [5.74, 6) is 0.678. The van der Waals surface area contributed by atoms with E-state index in [4.69, 9.17) is 5.73 Å². The molecule has 0 spiro atoms. The Balaban J connectivity index is 3.79. The summed E-state index contributed by atoms with van der Waals surface area (Å²) in [4.78, 5) is 0. The summed E-state index contributed by atoms with van der Waals surface area (Å²) in [6.07, 6.45) is 1.19. The van der Waals surface area contributed by atoms with Crippen molar-refractivity contribution in [1.82, 2.24) is 0 Å². The van der Waals surface area contributed by atoms with Crippen molar-refractivity contribution in [2.24, 2.45) is 17.1 Å². The predicted molar refractivity (Wildman–Crippen MR) is 42.3 cm³/mol. The summed E-state index contributed by atoms with van der Waals surface area (Å²) in [6, 6.07) is 0. The Bertz CT molecular complexity index is 67.1. The van der Waals surface area contributed by atoms with Crippen molar-refractivity contribution in [1.29, 1.82) is 0 Å². The van der Waals surface area contributed by atoms with Crippen LogP contribution in [0.2, 0.25) is 0 Å². The molecule has 0 aliphatic heterocycles. The molecule has 56 valence electrons. The summed E-state index contributed by atoms with van der Waals surface area (Å²) in [6.45, 7) is 9.75. The van der Waals surface area contributed by atoms with Gasteiger partial charge in [0.25, 0.3) is 0 Å². The third-order valence-corrected chi connectivity index (χ3v) is 2.00. The van der Waals surface area contributed by atoms with Gasteiger partial charge in [-0.25, -0.2) is 0 Å². The third kappa shape index (κ3) is 2.85. The highest BCUT2D eigenvalue weighted by Crippen LogP contribution is 2.26.